The van der Waals surface area contributed by atoms with E-state index in [4.69, 9.17) is 0 Å². The SMILES string of the molecule is N#Cc1cccc2c1C(c1ccc(C=Cc3ccc(S(=O)(=O)[O-])cc3S(=O)(=O)[O-])cc1)NC2.[Na+].[Na+]. The molecule has 0 radical (unpaired) electrons. The summed E-state index contributed by atoms with van der Waals surface area (Å²) < 4.78 is 68.2. The summed E-state index contributed by atoms with van der Waals surface area (Å²) in [5.41, 5.74) is 4.23. The third kappa shape index (κ3) is 6.71. The molecule has 0 aromatic heterocycles. The van der Waals surface area contributed by atoms with Crippen LogP contribution in [0, 0.1) is 11.3 Å². The van der Waals surface area contributed by atoms with Gasteiger partial charge in [-0.3, -0.25) is 0 Å². The largest absolute Gasteiger partial charge is 1.00 e. The van der Waals surface area contributed by atoms with Gasteiger partial charge in [-0.1, -0.05) is 54.6 Å². The number of fused-ring (bicyclic) bond motifs is 1. The summed E-state index contributed by atoms with van der Waals surface area (Å²) in [6.45, 7) is 0.651. The van der Waals surface area contributed by atoms with Crippen molar-refractivity contribution in [3.8, 4) is 6.07 Å². The Hall–Kier alpha value is -1.33. The number of benzene rings is 3. The summed E-state index contributed by atoms with van der Waals surface area (Å²) in [4.78, 5) is -1.58. The average Bonchev–Trinajstić information content (AvgIpc) is 3.21. The molecule has 1 unspecified atom stereocenters. The van der Waals surface area contributed by atoms with E-state index in [2.05, 4.69) is 11.4 Å². The smallest absolute Gasteiger partial charge is 0.744 e. The summed E-state index contributed by atoms with van der Waals surface area (Å²) in [6.07, 6.45) is 2.92. The molecule has 0 spiro atoms. The van der Waals surface area contributed by atoms with E-state index in [1.165, 1.54) is 6.08 Å². The Bertz CT molecular complexity index is 1530. The summed E-state index contributed by atoms with van der Waals surface area (Å²) >= 11 is 0. The third-order valence-corrected chi connectivity index (χ3v) is 7.09. The van der Waals surface area contributed by atoms with Crippen molar-refractivity contribution in [1.29, 1.82) is 5.26 Å². The van der Waals surface area contributed by atoms with Crippen molar-refractivity contribution in [3.05, 3.63) is 94.0 Å². The minimum absolute atomic E-state index is 0. The predicted molar refractivity (Wildman–Crippen MR) is 118 cm³/mol. The van der Waals surface area contributed by atoms with Crippen LogP contribution >= 0.6 is 0 Å². The first-order valence-electron chi connectivity index (χ1n) is 9.67. The van der Waals surface area contributed by atoms with Gasteiger partial charge in [-0.25, -0.2) is 16.8 Å². The molecule has 3 aromatic carbocycles. The van der Waals surface area contributed by atoms with Crippen molar-refractivity contribution in [2.24, 2.45) is 0 Å². The fraction of sp³-hybridized carbons (Fsp3) is 0.0870. The number of hydrogen-bond donors (Lipinski definition) is 1. The molecule has 1 aliphatic rings. The van der Waals surface area contributed by atoms with Crippen LogP contribution in [0.25, 0.3) is 12.2 Å². The minimum atomic E-state index is -5.01. The maximum atomic E-state index is 11.6. The van der Waals surface area contributed by atoms with Crippen LogP contribution in [0.1, 0.15) is 39.4 Å². The zero-order valence-corrected chi connectivity index (χ0v) is 24.6. The monoisotopic (exact) mass is 526 g/mol. The van der Waals surface area contributed by atoms with Crippen LogP contribution in [-0.4, -0.2) is 25.9 Å². The molecular weight excluding hydrogens is 510 g/mol. The zero-order chi connectivity index (χ0) is 23.8. The van der Waals surface area contributed by atoms with Gasteiger partial charge in [-0.2, -0.15) is 5.26 Å². The molecule has 4 rings (SSSR count). The first kappa shape index (κ1) is 29.9. The van der Waals surface area contributed by atoms with Crippen LogP contribution in [0.5, 0.6) is 0 Å². The van der Waals surface area contributed by atoms with Crippen LogP contribution in [-0.2, 0) is 26.8 Å². The van der Waals surface area contributed by atoms with Gasteiger partial charge >= 0.3 is 59.1 Å². The maximum Gasteiger partial charge on any atom is 1.00 e. The molecule has 1 N–H and O–H groups in total. The molecule has 35 heavy (non-hydrogen) atoms. The molecule has 0 saturated carbocycles. The number of rotatable bonds is 5. The fourth-order valence-electron chi connectivity index (χ4n) is 3.81. The second-order valence-electron chi connectivity index (χ2n) is 7.41. The summed E-state index contributed by atoms with van der Waals surface area (Å²) in [7, 11) is -9.92. The molecule has 0 aliphatic carbocycles. The van der Waals surface area contributed by atoms with Gasteiger partial charge in [0.2, 0.25) is 0 Å². The Morgan fingerprint density at radius 1 is 0.914 bits per heavy atom. The quantitative estimate of drug-likeness (QED) is 0.207. The Labute approximate surface area is 248 Å². The first-order valence-corrected chi connectivity index (χ1v) is 12.5. The van der Waals surface area contributed by atoms with Crippen LogP contribution in [0.3, 0.4) is 0 Å². The summed E-state index contributed by atoms with van der Waals surface area (Å²) in [6, 6.07) is 17.7. The number of nitrogens with zero attached hydrogens (tertiary/aromatic N) is 1. The van der Waals surface area contributed by atoms with Crippen molar-refractivity contribution in [1.82, 2.24) is 5.32 Å². The van der Waals surface area contributed by atoms with Crippen LogP contribution in [0.15, 0.2) is 70.5 Å². The molecule has 0 amide bonds. The van der Waals surface area contributed by atoms with Gasteiger partial charge in [-0.15, -0.1) is 0 Å². The van der Waals surface area contributed by atoms with Crippen molar-refractivity contribution >= 4 is 32.4 Å². The molecule has 12 heteroatoms. The zero-order valence-electron chi connectivity index (χ0n) is 18.9. The molecule has 0 bridgehead atoms. The molecule has 8 nitrogen and oxygen atoms in total. The third-order valence-electron chi connectivity index (χ3n) is 5.37. The molecule has 0 saturated heterocycles. The van der Waals surface area contributed by atoms with E-state index in [1.54, 1.807) is 24.3 Å². The molecule has 1 heterocycles. The van der Waals surface area contributed by atoms with Crippen LogP contribution < -0.4 is 64.4 Å². The van der Waals surface area contributed by atoms with E-state index in [1.807, 2.05) is 24.3 Å². The Morgan fingerprint density at radius 2 is 1.60 bits per heavy atom. The first-order chi connectivity index (χ1) is 15.6. The van der Waals surface area contributed by atoms with Gasteiger partial charge in [0.1, 0.15) is 20.2 Å². The van der Waals surface area contributed by atoms with E-state index in [-0.39, 0.29) is 70.7 Å². The number of nitriles is 1. The Kier molecular flexibility index (Phi) is 10.1. The fourth-order valence-corrected chi connectivity index (χ4v) is 5.08. The van der Waals surface area contributed by atoms with E-state index in [0.29, 0.717) is 23.7 Å². The standard InChI is InChI=1S/C23H18N2O6S2.2Na/c24-13-18-2-1-3-19-14-25-23(22(18)19)17-8-5-15(6-9-17)4-7-16-10-11-20(32(26,27)28)12-21(16)33(29,30)31;;/h1-12,23,25H,14H2,(H,26,27,28)(H,29,30,31);;/q;2*+1/p-2. The molecule has 0 fully saturated rings. The van der Waals surface area contributed by atoms with Gasteiger partial charge in [0.05, 0.1) is 27.5 Å². The van der Waals surface area contributed by atoms with E-state index in [0.717, 1.165) is 28.8 Å². The van der Waals surface area contributed by atoms with Gasteiger partial charge in [0.15, 0.2) is 0 Å². The van der Waals surface area contributed by atoms with E-state index < -0.39 is 30.0 Å². The average molecular weight is 527 g/mol. The van der Waals surface area contributed by atoms with Crippen molar-refractivity contribution < 1.29 is 85.1 Å². The van der Waals surface area contributed by atoms with Crippen LogP contribution in [0.4, 0.5) is 0 Å². The van der Waals surface area contributed by atoms with Crippen molar-refractivity contribution in [3.63, 3.8) is 0 Å². The normalized spacial score (nSPS) is 15.1. The second-order valence-corrected chi connectivity index (χ2v) is 10.1. The van der Waals surface area contributed by atoms with Gasteiger partial charge < -0.3 is 14.4 Å². The van der Waals surface area contributed by atoms with Crippen molar-refractivity contribution in [2.75, 3.05) is 0 Å². The van der Waals surface area contributed by atoms with E-state index >= 15 is 0 Å². The Morgan fingerprint density at radius 3 is 2.20 bits per heavy atom. The molecule has 1 atom stereocenters. The summed E-state index contributed by atoms with van der Waals surface area (Å²) in [5.74, 6) is 0. The van der Waals surface area contributed by atoms with Gasteiger partial charge in [0, 0.05) is 6.54 Å². The maximum absolute atomic E-state index is 11.6. The van der Waals surface area contributed by atoms with E-state index in [9.17, 15) is 31.2 Å². The minimum Gasteiger partial charge on any atom is -0.744 e. The van der Waals surface area contributed by atoms with Crippen molar-refractivity contribution in [2.45, 2.75) is 22.4 Å². The number of nitrogens with one attached hydrogen (secondary N) is 1. The van der Waals surface area contributed by atoms with Gasteiger partial charge in [-0.05, 0) is 46.0 Å². The second kappa shape index (κ2) is 11.8. The molecule has 3 aromatic rings. The van der Waals surface area contributed by atoms with Crippen LogP contribution in [0.2, 0.25) is 0 Å². The Balaban J connectivity index is 0.00000216. The molecule has 1 aliphatic heterocycles. The molecule has 168 valence electrons. The predicted octanol–water partition coefficient (Wildman–Crippen LogP) is -3.26. The molecular formula is C23H16N2Na2O6S2. The number of hydrogen-bond acceptors (Lipinski definition) is 8. The summed E-state index contributed by atoms with van der Waals surface area (Å²) in [5, 5.41) is 12.8. The topological polar surface area (TPSA) is 150 Å². The van der Waals surface area contributed by atoms with Gasteiger partial charge in [0.25, 0.3) is 0 Å².